The number of hydrogen-bond donors (Lipinski definition) is 3. The Morgan fingerprint density at radius 1 is 1.16 bits per heavy atom. The third-order valence-electron chi connectivity index (χ3n) is 3.95. The van der Waals surface area contributed by atoms with Gasteiger partial charge in [-0.2, -0.15) is 13.2 Å². The van der Waals surface area contributed by atoms with Crippen LogP contribution in [0.15, 0.2) is 18.2 Å². The smallest absolute Gasteiger partial charge is 0.419 e. The molecule has 0 saturated carbocycles. The minimum absolute atomic E-state index is 0.147. The summed E-state index contributed by atoms with van der Waals surface area (Å²) in [5.41, 5.74) is 5.14. The first-order valence-corrected chi connectivity index (χ1v) is 11.5. The van der Waals surface area contributed by atoms with Crippen LogP contribution >= 0.6 is 19.9 Å². The van der Waals surface area contributed by atoms with Crippen molar-refractivity contribution >= 4 is 19.9 Å². The van der Waals surface area contributed by atoms with Gasteiger partial charge in [-0.05, 0) is 37.5 Å². The molecule has 0 saturated heterocycles. The van der Waals surface area contributed by atoms with Crippen molar-refractivity contribution in [3.05, 3.63) is 28.8 Å². The van der Waals surface area contributed by atoms with E-state index in [0.717, 1.165) is 23.8 Å². The van der Waals surface area contributed by atoms with Gasteiger partial charge in [0, 0.05) is 18.8 Å². The van der Waals surface area contributed by atoms with E-state index < -0.39 is 26.4 Å². The summed E-state index contributed by atoms with van der Waals surface area (Å²) in [6, 6.07) is 2.91. The number of alkyl halides is 3. The summed E-state index contributed by atoms with van der Waals surface area (Å²) >= 11 is 0.996. The highest BCUT2D eigenvalue weighted by Gasteiger charge is 2.35. The molecule has 0 bridgehead atoms. The van der Waals surface area contributed by atoms with E-state index in [2.05, 4.69) is 14.7 Å². The molecule has 0 aliphatic carbocycles. The maximum absolute atomic E-state index is 13.6. The average molecular weight is 483 g/mol. The summed E-state index contributed by atoms with van der Waals surface area (Å²) in [5.74, 6) is -0.250. The molecule has 31 heavy (non-hydrogen) atoms. The Balaban J connectivity index is 2.06. The van der Waals surface area contributed by atoms with Crippen molar-refractivity contribution in [2.24, 2.45) is 5.73 Å². The molecule has 0 spiro atoms. The molecule has 0 aliphatic heterocycles. The molecule has 174 valence electrons. The first-order valence-electron chi connectivity index (χ1n) is 9.54. The molecule has 1 heterocycles. The van der Waals surface area contributed by atoms with Crippen molar-refractivity contribution in [1.82, 2.24) is 10.2 Å². The van der Waals surface area contributed by atoms with Gasteiger partial charge in [-0.25, -0.2) is 0 Å². The average Bonchev–Trinajstić information content (AvgIpc) is 3.21. The highest BCUT2D eigenvalue weighted by Crippen LogP contribution is 2.39. The molecular formula is C18H25F3N3O5PS. The van der Waals surface area contributed by atoms with Gasteiger partial charge in [0.1, 0.15) is 15.8 Å². The summed E-state index contributed by atoms with van der Waals surface area (Å²) in [7, 11) is -2.56. The van der Waals surface area contributed by atoms with Crippen LogP contribution in [0.4, 0.5) is 13.2 Å². The molecule has 1 unspecified atom stereocenters. The number of rotatable bonds is 13. The SMILES string of the molecule is CCCOCCCCOc1ccc(-c2nnc(C(N)COP(O)O)s2)cc1C(F)(F)F. The molecule has 0 amide bonds. The number of ether oxygens (including phenoxy) is 2. The molecule has 0 radical (unpaired) electrons. The summed E-state index contributed by atoms with van der Waals surface area (Å²) < 4.78 is 56.0. The van der Waals surface area contributed by atoms with Crippen LogP contribution < -0.4 is 10.5 Å². The van der Waals surface area contributed by atoms with Crippen molar-refractivity contribution in [3.8, 4) is 16.3 Å². The van der Waals surface area contributed by atoms with Gasteiger partial charge in [0.25, 0.3) is 0 Å². The van der Waals surface area contributed by atoms with Crippen LogP contribution in [0.3, 0.4) is 0 Å². The Kier molecular flexibility index (Phi) is 10.5. The van der Waals surface area contributed by atoms with E-state index in [1.807, 2.05) is 6.92 Å². The van der Waals surface area contributed by atoms with Crippen molar-refractivity contribution in [1.29, 1.82) is 0 Å². The molecule has 1 atom stereocenters. The Bertz CT molecular complexity index is 810. The summed E-state index contributed by atoms with van der Waals surface area (Å²) in [6.45, 7) is 3.15. The quantitative estimate of drug-likeness (QED) is 0.289. The molecule has 1 aromatic carbocycles. The van der Waals surface area contributed by atoms with Crippen LogP contribution in [0.5, 0.6) is 5.75 Å². The van der Waals surface area contributed by atoms with E-state index in [1.165, 1.54) is 12.1 Å². The summed E-state index contributed by atoms with van der Waals surface area (Å²) in [4.78, 5) is 17.6. The Morgan fingerprint density at radius 2 is 1.90 bits per heavy atom. The molecule has 4 N–H and O–H groups in total. The van der Waals surface area contributed by atoms with E-state index in [1.54, 1.807) is 0 Å². The normalized spacial score (nSPS) is 13.0. The molecule has 8 nitrogen and oxygen atoms in total. The largest absolute Gasteiger partial charge is 0.493 e. The Hall–Kier alpha value is -1.40. The van der Waals surface area contributed by atoms with Crippen LogP contribution in [-0.2, 0) is 15.4 Å². The number of benzene rings is 1. The molecule has 2 rings (SSSR count). The second kappa shape index (κ2) is 12.6. The second-order valence-corrected chi connectivity index (χ2v) is 8.25. The summed E-state index contributed by atoms with van der Waals surface area (Å²) in [5, 5.41) is 8.29. The fourth-order valence-electron chi connectivity index (χ4n) is 2.46. The lowest BCUT2D eigenvalue weighted by Crippen LogP contribution is -2.15. The maximum Gasteiger partial charge on any atom is 0.419 e. The van der Waals surface area contributed by atoms with Crippen LogP contribution in [0.25, 0.3) is 10.6 Å². The Morgan fingerprint density at radius 3 is 2.58 bits per heavy atom. The minimum atomic E-state index is -4.60. The highest BCUT2D eigenvalue weighted by atomic mass is 32.1. The van der Waals surface area contributed by atoms with Crippen molar-refractivity contribution in [2.45, 2.75) is 38.4 Å². The van der Waals surface area contributed by atoms with Gasteiger partial charge in [-0.15, -0.1) is 10.2 Å². The van der Waals surface area contributed by atoms with Crippen LogP contribution in [0.2, 0.25) is 0 Å². The molecule has 0 fully saturated rings. The number of hydrogen-bond acceptors (Lipinski definition) is 9. The lowest BCUT2D eigenvalue weighted by Gasteiger charge is -2.15. The van der Waals surface area contributed by atoms with Gasteiger partial charge in [0.05, 0.1) is 24.8 Å². The van der Waals surface area contributed by atoms with Crippen LogP contribution in [-0.4, -0.2) is 46.4 Å². The van der Waals surface area contributed by atoms with Crippen molar-refractivity contribution in [3.63, 3.8) is 0 Å². The van der Waals surface area contributed by atoms with Gasteiger partial charge in [0.2, 0.25) is 0 Å². The number of halogens is 3. The van der Waals surface area contributed by atoms with E-state index in [-0.39, 0.29) is 29.5 Å². The van der Waals surface area contributed by atoms with Gasteiger partial charge in [-0.3, -0.25) is 0 Å². The number of nitrogens with zero attached hydrogens (tertiary/aromatic N) is 2. The fourth-order valence-corrected chi connectivity index (χ4v) is 3.58. The van der Waals surface area contributed by atoms with Crippen molar-refractivity contribution < 1.29 is 37.0 Å². The van der Waals surface area contributed by atoms with Gasteiger partial charge in [0.15, 0.2) is 0 Å². The predicted molar refractivity (Wildman–Crippen MR) is 110 cm³/mol. The van der Waals surface area contributed by atoms with E-state index in [9.17, 15) is 13.2 Å². The minimum Gasteiger partial charge on any atom is -0.493 e. The zero-order valence-corrected chi connectivity index (χ0v) is 18.6. The third-order valence-corrected chi connectivity index (χ3v) is 5.43. The van der Waals surface area contributed by atoms with Gasteiger partial charge < -0.3 is 29.5 Å². The van der Waals surface area contributed by atoms with Crippen LogP contribution in [0, 0.1) is 0 Å². The van der Waals surface area contributed by atoms with Crippen molar-refractivity contribution in [2.75, 3.05) is 26.4 Å². The van der Waals surface area contributed by atoms with E-state index in [0.29, 0.717) is 31.1 Å². The molecule has 0 aliphatic rings. The highest BCUT2D eigenvalue weighted by molar-refractivity contribution is 7.39. The monoisotopic (exact) mass is 483 g/mol. The molecule has 1 aromatic heterocycles. The lowest BCUT2D eigenvalue weighted by atomic mass is 10.1. The number of nitrogens with two attached hydrogens (primary N) is 1. The third kappa shape index (κ3) is 8.57. The lowest BCUT2D eigenvalue weighted by molar-refractivity contribution is -0.138. The van der Waals surface area contributed by atoms with Gasteiger partial charge in [-0.1, -0.05) is 18.3 Å². The maximum atomic E-state index is 13.6. The van der Waals surface area contributed by atoms with E-state index >= 15 is 0 Å². The standard InChI is InChI=1S/C18H25F3N3O5PS/c1-2-7-27-8-3-4-9-28-15-6-5-12(10-13(15)18(19,20)21)16-23-24-17(31-16)14(22)11-29-30(25)26/h5-6,10,14,25-26H,2-4,7-9,11,22H2,1H3. The molecule has 13 heteroatoms. The topological polar surface area (TPSA) is 120 Å². The number of aromatic nitrogens is 2. The Labute approximate surface area is 183 Å². The summed E-state index contributed by atoms with van der Waals surface area (Å²) in [6.07, 6.45) is -2.41. The molecular weight excluding hydrogens is 458 g/mol. The van der Waals surface area contributed by atoms with E-state index in [4.69, 9.17) is 25.0 Å². The zero-order chi connectivity index (χ0) is 22.9. The second-order valence-electron chi connectivity index (χ2n) is 6.48. The fraction of sp³-hybridized carbons (Fsp3) is 0.556. The first kappa shape index (κ1) is 25.9. The molecule has 2 aromatic rings. The zero-order valence-electron chi connectivity index (χ0n) is 16.8. The van der Waals surface area contributed by atoms with Gasteiger partial charge >= 0.3 is 14.8 Å². The number of unbranched alkanes of at least 4 members (excludes halogenated alkanes) is 1. The predicted octanol–water partition coefficient (Wildman–Crippen LogP) is 4.04. The van der Waals surface area contributed by atoms with Crippen LogP contribution in [0.1, 0.15) is 42.8 Å². The first-order chi connectivity index (χ1) is 14.7.